The van der Waals surface area contributed by atoms with Crippen LogP contribution in [0.1, 0.15) is 27.2 Å². The van der Waals surface area contributed by atoms with Crippen LogP contribution >= 0.6 is 22.6 Å². The summed E-state index contributed by atoms with van der Waals surface area (Å²) >= 11 is 2.45. The second kappa shape index (κ2) is 4.31. The third kappa shape index (κ3) is 4.94. The van der Waals surface area contributed by atoms with Gasteiger partial charge in [-0.2, -0.15) is 0 Å². The van der Waals surface area contributed by atoms with E-state index in [2.05, 4.69) is 49.9 Å². The molecule has 0 N–H and O–H groups in total. The molecule has 0 aliphatic heterocycles. The zero-order valence-corrected chi connectivity index (χ0v) is 8.60. The quantitative estimate of drug-likeness (QED) is 0.401. The van der Waals surface area contributed by atoms with Crippen LogP contribution in [-0.2, 0) is 0 Å². The first-order valence-electron chi connectivity index (χ1n) is 3.33. The molecule has 0 fully saturated rings. The van der Waals surface area contributed by atoms with E-state index in [1.165, 1.54) is 12.0 Å². The van der Waals surface area contributed by atoms with Gasteiger partial charge in [0.25, 0.3) is 0 Å². The summed E-state index contributed by atoms with van der Waals surface area (Å²) in [4.78, 5) is 0. The van der Waals surface area contributed by atoms with Gasteiger partial charge in [0.2, 0.25) is 0 Å². The lowest BCUT2D eigenvalue weighted by Crippen LogP contribution is -2.02. The average molecular weight is 238 g/mol. The van der Waals surface area contributed by atoms with Crippen molar-refractivity contribution in [2.24, 2.45) is 5.92 Å². The molecule has 0 saturated carbocycles. The molecule has 54 valence electrons. The Hall–Kier alpha value is 0.470. The molecular formula is C8H15I. The highest BCUT2D eigenvalue weighted by molar-refractivity contribution is 14.1. The van der Waals surface area contributed by atoms with Crippen molar-refractivity contribution in [3.05, 3.63) is 12.2 Å². The van der Waals surface area contributed by atoms with Gasteiger partial charge in [-0.3, -0.25) is 0 Å². The van der Waals surface area contributed by atoms with Gasteiger partial charge in [0.1, 0.15) is 0 Å². The lowest BCUT2D eigenvalue weighted by molar-refractivity contribution is 0.601. The monoisotopic (exact) mass is 238 g/mol. The molecule has 0 spiro atoms. The van der Waals surface area contributed by atoms with Crippen LogP contribution in [0.15, 0.2) is 12.2 Å². The van der Waals surface area contributed by atoms with E-state index in [1.807, 2.05) is 0 Å². The minimum Gasteiger partial charge on any atom is -0.0991 e. The van der Waals surface area contributed by atoms with Gasteiger partial charge in [0.15, 0.2) is 0 Å². The molecule has 0 heterocycles. The maximum absolute atomic E-state index is 3.90. The van der Waals surface area contributed by atoms with Gasteiger partial charge in [0, 0.05) is 3.92 Å². The second-order valence-electron chi connectivity index (χ2n) is 2.94. The normalized spacial score (nSPS) is 13.9. The highest BCUT2D eigenvalue weighted by Crippen LogP contribution is 2.18. The number of hydrogen-bond acceptors (Lipinski definition) is 0. The standard InChI is InChI=1S/C8H15I/c1-6(2)5-8(9)7(3)4/h6,8H,3,5H2,1-2,4H3/t8-/m0/s1. The molecule has 0 aliphatic carbocycles. The van der Waals surface area contributed by atoms with Crippen LogP contribution in [0.5, 0.6) is 0 Å². The summed E-state index contributed by atoms with van der Waals surface area (Å²) in [5.74, 6) is 0.795. The van der Waals surface area contributed by atoms with Crippen molar-refractivity contribution in [2.45, 2.75) is 31.1 Å². The van der Waals surface area contributed by atoms with E-state index in [-0.39, 0.29) is 0 Å². The molecule has 0 nitrogen and oxygen atoms in total. The zero-order chi connectivity index (χ0) is 7.44. The molecular weight excluding hydrogens is 223 g/mol. The Morgan fingerprint density at radius 2 is 2.00 bits per heavy atom. The summed E-state index contributed by atoms with van der Waals surface area (Å²) in [6, 6.07) is 0. The van der Waals surface area contributed by atoms with Gasteiger partial charge < -0.3 is 0 Å². The number of alkyl halides is 1. The van der Waals surface area contributed by atoms with E-state index in [1.54, 1.807) is 0 Å². The molecule has 0 bridgehead atoms. The Labute approximate surface area is 71.9 Å². The average Bonchev–Trinajstić information content (AvgIpc) is 1.63. The van der Waals surface area contributed by atoms with Crippen molar-refractivity contribution in [3.8, 4) is 0 Å². The van der Waals surface area contributed by atoms with E-state index in [9.17, 15) is 0 Å². The van der Waals surface area contributed by atoms with Crippen LogP contribution in [0, 0.1) is 5.92 Å². The molecule has 1 atom stereocenters. The Morgan fingerprint density at radius 3 is 2.11 bits per heavy atom. The van der Waals surface area contributed by atoms with Crippen molar-refractivity contribution in [1.29, 1.82) is 0 Å². The molecule has 0 unspecified atom stereocenters. The van der Waals surface area contributed by atoms with Crippen LogP contribution in [-0.4, -0.2) is 3.92 Å². The van der Waals surface area contributed by atoms with E-state index in [0.717, 1.165) is 5.92 Å². The Balaban J connectivity index is 3.50. The Kier molecular flexibility index (Phi) is 4.54. The van der Waals surface area contributed by atoms with Crippen molar-refractivity contribution in [2.75, 3.05) is 0 Å². The van der Waals surface area contributed by atoms with Crippen molar-refractivity contribution < 1.29 is 0 Å². The summed E-state index contributed by atoms with van der Waals surface area (Å²) < 4.78 is 0.669. The molecule has 9 heavy (non-hydrogen) atoms. The van der Waals surface area contributed by atoms with Gasteiger partial charge in [-0.1, -0.05) is 48.6 Å². The molecule has 0 aliphatic rings. The zero-order valence-electron chi connectivity index (χ0n) is 6.45. The van der Waals surface area contributed by atoms with Crippen LogP contribution in [0.25, 0.3) is 0 Å². The van der Waals surface area contributed by atoms with Crippen molar-refractivity contribution in [1.82, 2.24) is 0 Å². The lowest BCUT2D eigenvalue weighted by Gasteiger charge is -2.10. The van der Waals surface area contributed by atoms with Gasteiger partial charge >= 0.3 is 0 Å². The molecule has 0 aromatic carbocycles. The van der Waals surface area contributed by atoms with Gasteiger partial charge in [-0.05, 0) is 19.3 Å². The fraction of sp³-hybridized carbons (Fsp3) is 0.750. The maximum atomic E-state index is 3.90. The first-order chi connectivity index (χ1) is 4.04. The van der Waals surface area contributed by atoms with E-state index in [0.29, 0.717) is 3.92 Å². The topological polar surface area (TPSA) is 0 Å². The van der Waals surface area contributed by atoms with Crippen molar-refractivity contribution in [3.63, 3.8) is 0 Å². The SMILES string of the molecule is C=C(C)[C@@H](I)CC(C)C. The fourth-order valence-electron chi connectivity index (χ4n) is 0.615. The van der Waals surface area contributed by atoms with E-state index < -0.39 is 0 Å². The van der Waals surface area contributed by atoms with Crippen molar-refractivity contribution >= 4 is 22.6 Å². The summed E-state index contributed by atoms with van der Waals surface area (Å²) in [5.41, 5.74) is 1.30. The van der Waals surface area contributed by atoms with E-state index in [4.69, 9.17) is 0 Å². The smallest absolute Gasteiger partial charge is 0.0315 e. The summed E-state index contributed by atoms with van der Waals surface area (Å²) in [6.45, 7) is 10.5. The third-order valence-electron chi connectivity index (χ3n) is 1.21. The van der Waals surface area contributed by atoms with Gasteiger partial charge in [-0.25, -0.2) is 0 Å². The minimum atomic E-state index is 0.669. The van der Waals surface area contributed by atoms with Crippen LogP contribution < -0.4 is 0 Å². The first-order valence-corrected chi connectivity index (χ1v) is 4.58. The Bertz CT molecular complexity index is 94.7. The highest BCUT2D eigenvalue weighted by atomic mass is 127. The number of allylic oxidation sites excluding steroid dienone is 1. The molecule has 1 heteroatoms. The number of halogens is 1. The van der Waals surface area contributed by atoms with Gasteiger partial charge in [-0.15, -0.1) is 0 Å². The van der Waals surface area contributed by atoms with Crippen LogP contribution in [0.2, 0.25) is 0 Å². The lowest BCUT2D eigenvalue weighted by atomic mass is 10.1. The largest absolute Gasteiger partial charge is 0.0991 e. The van der Waals surface area contributed by atoms with Crippen LogP contribution in [0.3, 0.4) is 0 Å². The summed E-state index contributed by atoms with van der Waals surface area (Å²) in [6.07, 6.45) is 1.26. The molecule has 0 aromatic rings. The predicted molar refractivity (Wildman–Crippen MR) is 52.1 cm³/mol. The molecule has 0 rings (SSSR count). The molecule has 0 amide bonds. The minimum absolute atomic E-state index is 0.669. The first kappa shape index (κ1) is 9.47. The summed E-state index contributed by atoms with van der Waals surface area (Å²) in [5, 5.41) is 0. The predicted octanol–water partition coefficient (Wildman–Crippen LogP) is 3.41. The summed E-state index contributed by atoms with van der Waals surface area (Å²) in [7, 11) is 0. The molecule has 0 aromatic heterocycles. The Morgan fingerprint density at radius 1 is 1.56 bits per heavy atom. The fourth-order valence-corrected chi connectivity index (χ4v) is 1.63. The molecule has 0 saturated heterocycles. The molecule has 0 radical (unpaired) electrons. The number of hydrogen-bond donors (Lipinski definition) is 0. The third-order valence-corrected chi connectivity index (χ3v) is 2.78. The van der Waals surface area contributed by atoms with E-state index >= 15 is 0 Å². The van der Waals surface area contributed by atoms with Crippen LogP contribution in [0.4, 0.5) is 0 Å². The highest BCUT2D eigenvalue weighted by Gasteiger charge is 2.05. The number of rotatable bonds is 3. The maximum Gasteiger partial charge on any atom is 0.0315 e. The second-order valence-corrected chi connectivity index (χ2v) is 4.45. The van der Waals surface area contributed by atoms with Gasteiger partial charge in [0.05, 0.1) is 0 Å².